The maximum atomic E-state index is 9.63. The molecule has 1 aromatic heterocycles. The van der Waals surface area contributed by atoms with Crippen LogP contribution in [0.25, 0.3) is 0 Å². The van der Waals surface area contributed by atoms with E-state index in [9.17, 15) is 16.8 Å². The summed E-state index contributed by atoms with van der Waals surface area (Å²) in [5.41, 5.74) is 24.6. The molecule has 4 aromatic rings. The van der Waals surface area contributed by atoms with Crippen molar-refractivity contribution in [3.05, 3.63) is 102 Å². The smallest absolute Gasteiger partial charge is 0.267 e. The summed E-state index contributed by atoms with van der Waals surface area (Å²) in [4.78, 5) is 3.89. The van der Waals surface area contributed by atoms with Crippen LogP contribution in [-0.4, -0.2) is 90.7 Å². The molecule has 14 N–H and O–H groups in total. The Morgan fingerprint density at radius 3 is 1.41 bits per heavy atom. The van der Waals surface area contributed by atoms with Gasteiger partial charge in [0.1, 0.15) is 34.7 Å². The molecule has 3 aromatic carbocycles. The highest BCUT2D eigenvalue weighted by Gasteiger charge is 2.02. The molecule has 0 spiro atoms. The van der Waals surface area contributed by atoms with Gasteiger partial charge in [-0.25, -0.2) is 4.98 Å². The molecular weight excluding hydrogens is 794 g/mol. The van der Waals surface area contributed by atoms with Crippen molar-refractivity contribution in [3.8, 4) is 11.5 Å². The van der Waals surface area contributed by atoms with Crippen LogP contribution < -0.4 is 32.4 Å². The van der Waals surface area contributed by atoms with Gasteiger partial charge in [0.15, 0.2) is 5.82 Å². The zero-order chi connectivity index (χ0) is 41.3. The van der Waals surface area contributed by atoms with Crippen molar-refractivity contribution in [2.24, 2.45) is 21.7 Å². The van der Waals surface area contributed by atoms with Crippen molar-refractivity contribution in [2.75, 3.05) is 49.4 Å². The second kappa shape index (κ2) is 27.2. The molecule has 0 amide bonds. The molecule has 0 aliphatic carbocycles. The average Bonchev–Trinajstić information content (AvgIpc) is 3.11. The van der Waals surface area contributed by atoms with E-state index in [2.05, 4.69) is 15.2 Å². The Hall–Kier alpha value is -5.42. The number of pyridine rings is 1. The molecule has 1 heterocycles. The fourth-order valence-corrected chi connectivity index (χ4v) is 4.09. The van der Waals surface area contributed by atoms with E-state index in [1.807, 2.05) is 54.6 Å². The number of ether oxygens (including phenoxy) is 2. The van der Waals surface area contributed by atoms with Crippen LogP contribution in [0.3, 0.4) is 0 Å². The summed E-state index contributed by atoms with van der Waals surface area (Å²) in [6.45, 7) is 0.233. The second-order valence-electron chi connectivity index (χ2n) is 10.8. The summed E-state index contributed by atoms with van der Waals surface area (Å²) in [5, 5.41) is 38.4. The highest BCUT2D eigenvalue weighted by molar-refractivity contribution is 7.86. The van der Waals surface area contributed by atoms with Crippen LogP contribution in [0.15, 0.2) is 101 Å². The minimum Gasteiger partial charge on any atom is -0.494 e. The number of nitrogens with one attached hydrogen (secondary N) is 2. The van der Waals surface area contributed by atoms with Gasteiger partial charge >= 0.3 is 0 Å². The van der Waals surface area contributed by atoms with E-state index in [1.165, 1.54) is 0 Å². The number of hydrogen-bond acceptors (Lipinski definition) is 15. The summed E-state index contributed by atoms with van der Waals surface area (Å²) < 4.78 is 65.5. The number of azo groups is 1. The normalized spacial score (nSPS) is 10.6. The fourth-order valence-electron chi connectivity index (χ4n) is 3.63. The van der Waals surface area contributed by atoms with E-state index in [0.717, 1.165) is 36.4 Å². The van der Waals surface area contributed by atoms with Gasteiger partial charge in [-0.2, -0.15) is 21.9 Å². The van der Waals surface area contributed by atoms with Gasteiger partial charge in [-0.3, -0.25) is 19.9 Å². The largest absolute Gasteiger partial charge is 0.494 e. The molecule has 308 valence electrons. The number of benzene rings is 3. The highest BCUT2D eigenvalue weighted by Crippen LogP contribution is 2.23. The van der Waals surface area contributed by atoms with Crippen LogP contribution in [0.1, 0.15) is 30.4 Å². The quantitative estimate of drug-likeness (QED) is 0.0253. The predicted octanol–water partition coefficient (Wildman–Crippen LogP) is 3.70. The first-order valence-electron chi connectivity index (χ1n) is 16.2. The summed E-state index contributed by atoms with van der Waals surface area (Å²) in [6, 6.07) is 27.1. The number of anilines is 2. The Bertz CT molecular complexity index is 1900. The zero-order valence-electron chi connectivity index (χ0n) is 30.1. The van der Waals surface area contributed by atoms with Crippen LogP contribution in [0, 0.1) is 10.8 Å². The Morgan fingerprint density at radius 1 is 0.643 bits per heavy atom. The Morgan fingerprint density at radius 2 is 1.07 bits per heavy atom. The van der Waals surface area contributed by atoms with Crippen molar-refractivity contribution in [3.63, 3.8) is 0 Å². The van der Waals surface area contributed by atoms with E-state index in [4.69, 9.17) is 62.5 Å². The minimum absolute atomic E-state index is 0. The van der Waals surface area contributed by atoms with Crippen LogP contribution in [0.2, 0.25) is 0 Å². The van der Waals surface area contributed by atoms with Gasteiger partial charge in [0.2, 0.25) is 0 Å². The van der Waals surface area contributed by atoms with E-state index in [0.29, 0.717) is 35.8 Å². The van der Waals surface area contributed by atoms with Gasteiger partial charge in [-0.05, 0) is 92.1 Å². The third kappa shape index (κ3) is 24.8. The number of nitrogens with zero attached hydrogens (tertiary/aromatic N) is 3. The van der Waals surface area contributed by atoms with Crippen molar-refractivity contribution < 1.29 is 45.6 Å². The maximum absolute atomic E-state index is 9.63. The van der Waals surface area contributed by atoms with Gasteiger partial charge < -0.3 is 42.6 Å². The Kier molecular flexibility index (Phi) is 24.6. The summed E-state index contributed by atoms with van der Waals surface area (Å²) in [5.74, 6) is 1.18. The molecule has 56 heavy (non-hydrogen) atoms. The second-order valence-corrected chi connectivity index (χ2v) is 14.0. The first kappa shape index (κ1) is 50.6. The van der Waals surface area contributed by atoms with E-state index >= 15 is 0 Å². The van der Waals surface area contributed by atoms with E-state index in [1.54, 1.807) is 36.4 Å². The molecule has 0 saturated carbocycles. The molecule has 0 unspecified atom stereocenters. The molecule has 0 aliphatic heterocycles. The lowest BCUT2D eigenvalue weighted by Crippen LogP contribution is -2.10. The lowest BCUT2D eigenvalue weighted by Gasteiger charge is -2.08. The number of rotatable bonds is 16. The molecule has 0 atom stereocenters. The molecule has 22 heteroatoms. The van der Waals surface area contributed by atoms with Gasteiger partial charge in [-0.1, -0.05) is 18.2 Å². The molecule has 0 fully saturated rings. The highest BCUT2D eigenvalue weighted by atomic mass is 35.5. The molecule has 0 radical (unpaired) electrons. The number of hydrogen-bond donors (Lipinski definition) is 10. The van der Waals surface area contributed by atoms with Crippen LogP contribution in [-0.2, 0) is 20.2 Å². The van der Waals surface area contributed by atoms with Gasteiger partial charge in [0, 0.05) is 11.1 Å². The van der Waals surface area contributed by atoms with E-state index in [-0.39, 0.29) is 29.9 Å². The Labute approximate surface area is 331 Å². The molecule has 0 aliphatic rings. The third-order valence-electron chi connectivity index (χ3n) is 6.31. The molecule has 19 nitrogen and oxygen atoms in total. The Balaban J connectivity index is 0.000000830. The van der Waals surface area contributed by atoms with Gasteiger partial charge in [-0.15, -0.1) is 17.5 Å². The van der Waals surface area contributed by atoms with Crippen molar-refractivity contribution in [2.45, 2.75) is 19.3 Å². The number of aromatic nitrogens is 1. The first-order valence-corrected chi connectivity index (χ1v) is 19.4. The topological polar surface area (TPSA) is 357 Å². The average molecular weight is 842 g/mol. The van der Waals surface area contributed by atoms with Crippen LogP contribution in [0.5, 0.6) is 11.5 Å². The van der Waals surface area contributed by atoms with Crippen LogP contribution in [0.4, 0.5) is 23.0 Å². The molecule has 0 bridgehead atoms. The number of amidine groups is 2. The minimum atomic E-state index is -3.92. The summed E-state index contributed by atoms with van der Waals surface area (Å²) in [7, 11) is -7.85. The standard InChI is InChI=1S/C19H24N4O2.C11H11N5.2C2H6O4S.ClH/c20-18(21)14-4-8-16(9-5-14)24-12-2-1-3-13-25-17-10-6-15(7-11-17)19(22)23;12-10-7-6-9(11(13)14-10)16-15-8-4-2-1-3-5-8;2*3-1-2-7(4,5)6;/h4-11H,1-3,12-13H2,(H3,20,21)(H3,22,23);1-7H,(H4,12,13,14);2*3H,1-2H2,(H,4,5,6);1H. The van der Waals surface area contributed by atoms with Crippen molar-refractivity contribution in [1.82, 2.24) is 4.98 Å². The fraction of sp³-hybridized carbons (Fsp3) is 0.265. The van der Waals surface area contributed by atoms with Crippen molar-refractivity contribution in [1.29, 1.82) is 10.8 Å². The van der Waals surface area contributed by atoms with E-state index < -0.39 is 45.0 Å². The molecule has 4 rings (SSSR count). The summed E-state index contributed by atoms with van der Waals surface area (Å²) in [6.07, 6.45) is 2.90. The summed E-state index contributed by atoms with van der Waals surface area (Å²) >= 11 is 0. The molecule has 0 saturated heterocycles. The number of nitrogens with two attached hydrogens (primary N) is 4. The first-order chi connectivity index (χ1) is 25.9. The lowest BCUT2D eigenvalue weighted by atomic mass is 10.2. The van der Waals surface area contributed by atoms with Crippen molar-refractivity contribution >= 4 is 67.3 Å². The van der Waals surface area contributed by atoms with Gasteiger partial charge in [0.05, 0.1) is 43.6 Å². The monoisotopic (exact) mass is 841 g/mol. The number of nitrogen functional groups attached to an aromatic ring is 4. The third-order valence-corrected chi connectivity index (χ3v) is 7.71. The number of unbranched alkanes of at least 4 members (excludes halogenated alkanes) is 2. The number of halogens is 1. The van der Waals surface area contributed by atoms with Crippen LogP contribution >= 0.6 is 12.4 Å². The SMILES string of the molecule is Cl.N=C(N)c1ccc(OCCCCCOc2ccc(C(=N)N)cc2)cc1.Nc1ccc(N=Nc2ccccc2)c(N)n1.O=S(=O)(O)CCO.O=S(=O)(O)CCO. The lowest BCUT2D eigenvalue weighted by molar-refractivity contribution is 0.279. The number of aliphatic hydroxyl groups excluding tert-OH is 2. The molecular formula is C34H48ClN9O10S2. The van der Waals surface area contributed by atoms with Gasteiger partial charge in [0.25, 0.3) is 20.2 Å². The maximum Gasteiger partial charge on any atom is 0.267 e. The zero-order valence-corrected chi connectivity index (χ0v) is 32.6. The predicted molar refractivity (Wildman–Crippen MR) is 218 cm³/mol. The number of aliphatic hydroxyl groups is 2.